The van der Waals surface area contributed by atoms with E-state index < -0.39 is 0 Å². The molecule has 1 atom stereocenters. The van der Waals surface area contributed by atoms with Crippen molar-refractivity contribution in [2.45, 2.75) is 25.9 Å². The number of anilines is 1. The van der Waals surface area contributed by atoms with Gasteiger partial charge >= 0.3 is 0 Å². The number of hydrogen-bond donors (Lipinski definition) is 0. The smallest absolute Gasteiger partial charge is 0.128 e. The van der Waals surface area contributed by atoms with Gasteiger partial charge in [-0.3, -0.25) is 0 Å². The highest BCUT2D eigenvalue weighted by molar-refractivity contribution is 7.67. The molecule has 22 heavy (non-hydrogen) atoms. The molecule has 0 radical (unpaired) electrons. The molecule has 0 aliphatic carbocycles. The van der Waals surface area contributed by atoms with Crippen LogP contribution in [0.4, 0.5) is 5.69 Å². The van der Waals surface area contributed by atoms with Crippen LogP contribution >= 0.6 is 7.92 Å². The lowest BCUT2D eigenvalue weighted by molar-refractivity contribution is 0.400. The first-order chi connectivity index (χ1) is 10.4. The van der Waals surface area contributed by atoms with Gasteiger partial charge in [0.05, 0.1) is 0 Å². The molecule has 3 heteroatoms. The number of fused-ring (bicyclic) bond motifs is 1. The lowest BCUT2D eigenvalue weighted by Crippen LogP contribution is -2.19. The molecule has 0 fully saturated rings. The summed E-state index contributed by atoms with van der Waals surface area (Å²) in [6.07, 6.45) is 0.843. The molecule has 116 valence electrons. The predicted octanol–water partition coefficient (Wildman–Crippen LogP) is 4.68. The zero-order chi connectivity index (χ0) is 15.9. The van der Waals surface area contributed by atoms with Crippen LogP contribution in [0.2, 0.25) is 0 Å². The number of rotatable bonds is 2. The summed E-state index contributed by atoms with van der Waals surface area (Å²) in [5.41, 5.74) is 3.89. The maximum Gasteiger partial charge on any atom is 0.128 e. The Morgan fingerprint density at radius 2 is 1.64 bits per heavy atom. The first-order valence-corrected chi connectivity index (χ1v) is 9.22. The first-order valence-electron chi connectivity index (χ1n) is 7.70. The van der Waals surface area contributed by atoms with Crippen LogP contribution < -0.4 is 14.9 Å². The van der Waals surface area contributed by atoms with Crippen molar-refractivity contribution in [2.24, 2.45) is 0 Å². The molecule has 0 bridgehead atoms. The fraction of sp³-hybridized carbons (Fsp3) is 0.368. The summed E-state index contributed by atoms with van der Waals surface area (Å²) in [5.74, 6) is 1.08. The van der Waals surface area contributed by atoms with Crippen molar-refractivity contribution in [2.75, 3.05) is 25.3 Å². The van der Waals surface area contributed by atoms with E-state index in [9.17, 15) is 0 Å². The van der Waals surface area contributed by atoms with E-state index in [1.165, 1.54) is 22.1 Å². The molecule has 0 N–H and O–H groups in total. The molecule has 2 aromatic carbocycles. The molecule has 1 aliphatic heterocycles. The third-order valence-corrected chi connectivity index (χ3v) is 7.11. The van der Waals surface area contributed by atoms with Crippen LogP contribution in [0, 0.1) is 0 Å². The molecule has 2 aromatic rings. The molecule has 0 unspecified atom stereocenters. The number of benzene rings is 2. The molecule has 0 saturated carbocycles. The van der Waals surface area contributed by atoms with Crippen molar-refractivity contribution in [1.29, 1.82) is 0 Å². The van der Waals surface area contributed by atoms with Gasteiger partial charge in [0.25, 0.3) is 0 Å². The lowest BCUT2D eigenvalue weighted by atomic mass is 10.0. The Balaban J connectivity index is 2.21. The summed E-state index contributed by atoms with van der Waals surface area (Å²) in [5, 5.41) is 1.68. The first kappa shape index (κ1) is 15.4. The van der Waals surface area contributed by atoms with Crippen LogP contribution in [-0.2, 0) is 0 Å². The largest absolute Gasteiger partial charge is 0.488 e. The number of hydrogen-bond acceptors (Lipinski definition) is 2. The highest BCUT2D eigenvalue weighted by atomic mass is 31.1. The van der Waals surface area contributed by atoms with Gasteiger partial charge in [-0.15, -0.1) is 0 Å². The van der Waals surface area contributed by atoms with Gasteiger partial charge in [-0.2, -0.15) is 0 Å². The molecule has 1 heterocycles. The van der Waals surface area contributed by atoms with Crippen LogP contribution in [-0.4, -0.2) is 25.6 Å². The fourth-order valence-electron chi connectivity index (χ4n) is 2.95. The average molecular weight is 313 g/mol. The normalized spacial score (nSPS) is 17.0. The molecule has 2 nitrogen and oxygen atoms in total. The molecular weight excluding hydrogens is 289 g/mol. The molecule has 0 spiro atoms. The van der Waals surface area contributed by atoms with E-state index in [1.807, 2.05) is 0 Å². The predicted molar refractivity (Wildman–Crippen MR) is 98.0 cm³/mol. The van der Waals surface area contributed by atoms with Gasteiger partial charge in [-0.25, -0.2) is 0 Å². The standard InChI is InChI=1S/C19H24NOP/c1-19(2,3)22-13-21-17-12-8-10-15(18(17)22)14-9-6-7-11-16(14)20(4)5/h6-12H,13H2,1-5H3/t22-/m1/s1. The van der Waals surface area contributed by atoms with Crippen molar-refractivity contribution >= 4 is 18.9 Å². The second kappa shape index (κ2) is 5.59. The van der Waals surface area contributed by atoms with Gasteiger partial charge in [0, 0.05) is 30.7 Å². The fourth-order valence-corrected chi connectivity index (χ4v) is 5.30. The van der Waals surface area contributed by atoms with E-state index in [4.69, 9.17) is 4.74 Å². The Hall–Kier alpha value is -1.53. The number of nitrogens with zero attached hydrogens (tertiary/aromatic N) is 1. The Morgan fingerprint density at radius 1 is 0.955 bits per heavy atom. The molecule has 0 aromatic heterocycles. The minimum Gasteiger partial charge on any atom is -0.488 e. The van der Waals surface area contributed by atoms with E-state index in [0.717, 1.165) is 12.1 Å². The summed E-state index contributed by atoms with van der Waals surface area (Å²) < 4.78 is 6.02. The maximum atomic E-state index is 6.02. The summed E-state index contributed by atoms with van der Waals surface area (Å²) in [6, 6.07) is 15.1. The SMILES string of the molecule is CN(C)c1ccccc1-c1cccc2c1[P@](C(C)(C)C)CO2. The quantitative estimate of drug-likeness (QED) is 0.747. The van der Waals surface area contributed by atoms with Gasteiger partial charge < -0.3 is 9.64 Å². The van der Waals surface area contributed by atoms with Gasteiger partial charge in [0.15, 0.2) is 0 Å². The lowest BCUT2D eigenvalue weighted by Gasteiger charge is -2.28. The zero-order valence-corrected chi connectivity index (χ0v) is 14.9. The van der Waals surface area contributed by atoms with Gasteiger partial charge in [-0.1, -0.05) is 51.1 Å². The summed E-state index contributed by atoms with van der Waals surface area (Å²) in [4.78, 5) is 2.18. The van der Waals surface area contributed by atoms with Crippen LogP contribution in [0.3, 0.4) is 0 Å². The highest BCUT2D eigenvalue weighted by Gasteiger charge is 2.35. The maximum absolute atomic E-state index is 6.02. The minimum atomic E-state index is -0.319. The Kier molecular flexibility index (Phi) is 3.91. The summed E-state index contributed by atoms with van der Waals surface area (Å²) >= 11 is 0. The van der Waals surface area contributed by atoms with E-state index in [0.29, 0.717) is 0 Å². The van der Waals surface area contributed by atoms with Crippen molar-refractivity contribution in [3.05, 3.63) is 42.5 Å². The topological polar surface area (TPSA) is 12.5 Å². The van der Waals surface area contributed by atoms with Crippen molar-refractivity contribution in [3.63, 3.8) is 0 Å². The van der Waals surface area contributed by atoms with Crippen molar-refractivity contribution < 1.29 is 4.74 Å². The van der Waals surface area contributed by atoms with E-state index >= 15 is 0 Å². The number of para-hydroxylation sites is 1. The summed E-state index contributed by atoms with van der Waals surface area (Å²) in [7, 11) is 3.89. The number of ether oxygens (including phenoxy) is 1. The Labute approximate surface area is 134 Å². The van der Waals surface area contributed by atoms with Crippen LogP contribution in [0.1, 0.15) is 20.8 Å². The second-order valence-electron chi connectivity index (χ2n) is 6.94. The van der Waals surface area contributed by atoms with E-state index in [1.54, 1.807) is 0 Å². The van der Waals surface area contributed by atoms with Crippen LogP contribution in [0.15, 0.2) is 42.5 Å². The van der Waals surface area contributed by atoms with Gasteiger partial charge in [0.1, 0.15) is 12.1 Å². The second-order valence-corrected chi connectivity index (χ2v) is 9.84. The van der Waals surface area contributed by atoms with E-state index in [-0.39, 0.29) is 13.1 Å². The molecular formula is C19H24NOP. The Morgan fingerprint density at radius 3 is 2.32 bits per heavy atom. The molecule has 1 aliphatic rings. The highest BCUT2D eigenvalue weighted by Crippen LogP contribution is 2.56. The van der Waals surface area contributed by atoms with Gasteiger partial charge in [-0.05, 0) is 30.8 Å². The van der Waals surface area contributed by atoms with Crippen LogP contribution in [0.25, 0.3) is 11.1 Å². The average Bonchev–Trinajstić information content (AvgIpc) is 2.91. The van der Waals surface area contributed by atoms with Crippen molar-refractivity contribution in [1.82, 2.24) is 0 Å². The summed E-state index contributed by atoms with van der Waals surface area (Å²) in [6.45, 7) is 6.98. The van der Waals surface area contributed by atoms with Crippen LogP contribution in [0.5, 0.6) is 5.75 Å². The minimum absolute atomic E-state index is 0.254. The monoisotopic (exact) mass is 313 g/mol. The zero-order valence-electron chi connectivity index (χ0n) is 14.1. The van der Waals surface area contributed by atoms with Gasteiger partial charge in [0.2, 0.25) is 0 Å². The molecule has 0 amide bonds. The van der Waals surface area contributed by atoms with Crippen molar-refractivity contribution in [3.8, 4) is 16.9 Å². The third kappa shape index (κ3) is 2.61. The molecule has 0 saturated heterocycles. The van der Waals surface area contributed by atoms with E-state index in [2.05, 4.69) is 82.2 Å². The molecule has 3 rings (SSSR count). The third-order valence-electron chi connectivity index (χ3n) is 4.10. The Bertz CT molecular complexity index is 688.